The number of amides is 2. The Kier molecular flexibility index (Phi) is 8.78. The molecule has 2 amide bonds. The number of likely N-dealkylation sites (tertiary alicyclic amines) is 1. The molecular weight excluding hydrogens is 424 g/mol. The number of ether oxygens (including phenoxy) is 1. The fourth-order valence-electron chi connectivity index (χ4n) is 5.87. The number of carbonyl (C=O) groups is 2. The molecule has 0 unspecified atom stereocenters. The largest absolute Gasteiger partial charge is 0.453 e. The number of nitrogens with two attached hydrogens (primary N) is 1. The molecule has 1 heterocycles. The van der Waals surface area contributed by atoms with E-state index in [1.165, 1.54) is 20.0 Å². The lowest BCUT2D eigenvalue weighted by Gasteiger charge is -2.43. The number of methoxy groups -OCH3 is 1. The lowest BCUT2D eigenvalue weighted by atomic mass is 9.71. The number of alkyl carbamates (subject to hydrolysis) is 1. The van der Waals surface area contributed by atoms with Gasteiger partial charge in [-0.3, -0.25) is 4.79 Å². The van der Waals surface area contributed by atoms with Crippen LogP contribution in [0.2, 0.25) is 0 Å². The molecule has 8 heteroatoms. The van der Waals surface area contributed by atoms with Crippen molar-refractivity contribution in [2.45, 2.75) is 96.2 Å². The molecular formula is C24H42N4O3S. The molecule has 0 aromatic heterocycles. The van der Waals surface area contributed by atoms with Crippen molar-refractivity contribution in [2.24, 2.45) is 23.0 Å². The van der Waals surface area contributed by atoms with Crippen LogP contribution < -0.4 is 16.4 Å². The summed E-state index contributed by atoms with van der Waals surface area (Å²) in [4.78, 5) is 28.1. The first-order chi connectivity index (χ1) is 15.2. The summed E-state index contributed by atoms with van der Waals surface area (Å²) in [6, 6.07) is -0.303. The molecule has 2 saturated carbocycles. The Morgan fingerprint density at radius 1 is 1.09 bits per heavy atom. The lowest BCUT2D eigenvalue weighted by molar-refractivity contribution is -0.124. The summed E-state index contributed by atoms with van der Waals surface area (Å²) in [6.45, 7) is 5.83. The van der Waals surface area contributed by atoms with E-state index >= 15 is 0 Å². The van der Waals surface area contributed by atoms with Crippen LogP contribution in [-0.4, -0.2) is 60.2 Å². The number of nitrogens with zero attached hydrogens (tertiary/aromatic N) is 1. The second-order valence-corrected chi connectivity index (χ2v) is 11.0. The van der Waals surface area contributed by atoms with Crippen molar-refractivity contribution in [1.82, 2.24) is 15.5 Å². The first-order valence-corrected chi connectivity index (χ1v) is 12.8. The molecule has 2 atom stereocenters. The van der Waals surface area contributed by atoms with Crippen molar-refractivity contribution in [2.75, 3.05) is 20.2 Å². The highest BCUT2D eigenvalue weighted by Crippen LogP contribution is 2.43. The Hall–Kier alpha value is -1.41. The molecule has 1 saturated heterocycles. The van der Waals surface area contributed by atoms with E-state index in [4.69, 9.17) is 22.7 Å². The predicted molar refractivity (Wildman–Crippen MR) is 130 cm³/mol. The monoisotopic (exact) mass is 466 g/mol. The van der Waals surface area contributed by atoms with Crippen LogP contribution in [0.4, 0.5) is 4.79 Å². The summed E-state index contributed by atoms with van der Waals surface area (Å²) in [5, 5.41) is 6.21. The molecule has 0 radical (unpaired) electrons. The van der Waals surface area contributed by atoms with E-state index in [0.29, 0.717) is 29.4 Å². The number of hydrogen-bond acceptors (Lipinski definition) is 5. The van der Waals surface area contributed by atoms with Crippen LogP contribution in [0, 0.1) is 17.3 Å². The van der Waals surface area contributed by atoms with Gasteiger partial charge in [0.1, 0.15) is 11.0 Å². The van der Waals surface area contributed by atoms with Crippen molar-refractivity contribution >= 4 is 29.2 Å². The van der Waals surface area contributed by atoms with Crippen molar-refractivity contribution in [3.8, 4) is 0 Å². The normalized spacial score (nSPS) is 27.8. The van der Waals surface area contributed by atoms with Crippen LogP contribution in [0.1, 0.15) is 78.1 Å². The van der Waals surface area contributed by atoms with Gasteiger partial charge in [-0.1, -0.05) is 38.9 Å². The number of carbonyl (C=O) groups excluding carboxylic acids is 2. The van der Waals surface area contributed by atoms with Gasteiger partial charge in [0.2, 0.25) is 5.91 Å². The van der Waals surface area contributed by atoms with Crippen molar-refractivity contribution in [3.63, 3.8) is 0 Å². The van der Waals surface area contributed by atoms with Crippen LogP contribution in [0.15, 0.2) is 0 Å². The molecule has 0 spiro atoms. The maximum absolute atomic E-state index is 13.1. The number of rotatable bonds is 7. The second kappa shape index (κ2) is 11.1. The van der Waals surface area contributed by atoms with Gasteiger partial charge < -0.3 is 26.0 Å². The maximum atomic E-state index is 13.1. The van der Waals surface area contributed by atoms with Gasteiger partial charge in [-0.25, -0.2) is 4.79 Å². The summed E-state index contributed by atoms with van der Waals surface area (Å²) in [5.74, 6) is 1.04. The van der Waals surface area contributed by atoms with Gasteiger partial charge in [0.05, 0.1) is 13.2 Å². The standard InChI is InChI=1S/C24H42N4O3S/c1-24(2,17-7-4-5-8-17)20(27-23(30)31-3)22(32)28-14-6-9-19(28)21(29)26-15-16-10-12-18(25)13-11-16/h16-20H,4-15,25H2,1-3H3,(H,26,29)(H,27,30)/t16?,18?,19-,20+/m0/s1. The number of thiocarbonyl (C=S) groups is 1. The lowest BCUT2D eigenvalue weighted by Crippen LogP contribution is -2.59. The third kappa shape index (κ3) is 5.93. The summed E-state index contributed by atoms with van der Waals surface area (Å²) in [5.41, 5.74) is 5.79. The Morgan fingerprint density at radius 2 is 1.75 bits per heavy atom. The van der Waals surface area contributed by atoms with E-state index < -0.39 is 6.09 Å². The third-order valence-electron chi connectivity index (χ3n) is 8.14. The SMILES string of the molecule is COC(=O)N[C@H](C(=S)N1CCC[C@H]1C(=O)NCC1CCC(N)CC1)C(C)(C)C1CCCC1. The molecule has 3 aliphatic rings. The maximum Gasteiger partial charge on any atom is 0.407 e. The Bertz CT molecular complexity index is 672. The van der Waals surface area contributed by atoms with Crippen LogP contribution in [0.3, 0.4) is 0 Å². The van der Waals surface area contributed by atoms with Gasteiger partial charge >= 0.3 is 6.09 Å². The quantitative estimate of drug-likeness (QED) is 0.498. The predicted octanol–water partition coefficient (Wildman–Crippen LogP) is 3.35. The van der Waals surface area contributed by atoms with E-state index in [2.05, 4.69) is 29.4 Å². The van der Waals surface area contributed by atoms with E-state index in [-0.39, 0.29) is 23.4 Å². The molecule has 4 N–H and O–H groups in total. The zero-order valence-corrected chi connectivity index (χ0v) is 20.8. The smallest absolute Gasteiger partial charge is 0.407 e. The first kappa shape index (κ1) is 25.2. The van der Waals surface area contributed by atoms with Gasteiger partial charge in [-0.2, -0.15) is 0 Å². The average molecular weight is 467 g/mol. The van der Waals surface area contributed by atoms with E-state index in [9.17, 15) is 9.59 Å². The van der Waals surface area contributed by atoms with Gasteiger partial charge in [-0.05, 0) is 68.6 Å². The van der Waals surface area contributed by atoms with Gasteiger partial charge in [0.25, 0.3) is 0 Å². The number of hydrogen-bond donors (Lipinski definition) is 3. The molecule has 2 aliphatic carbocycles. The highest BCUT2D eigenvalue weighted by molar-refractivity contribution is 7.80. The molecule has 7 nitrogen and oxygen atoms in total. The summed E-state index contributed by atoms with van der Waals surface area (Å²) < 4.78 is 4.92. The minimum absolute atomic E-state index is 0.0511. The zero-order chi connectivity index (χ0) is 23.3. The van der Waals surface area contributed by atoms with Crippen molar-refractivity contribution in [1.29, 1.82) is 0 Å². The molecule has 1 aliphatic heterocycles. The number of nitrogens with one attached hydrogen (secondary N) is 2. The highest BCUT2D eigenvalue weighted by atomic mass is 32.1. The van der Waals surface area contributed by atoms with Gasteiger partial charge in [0, 0.05) is 19.1 Å². The summed E-state index contributed by atoms with van der Waals surface area (Å²) >= 11 is 5.97. The minimum atomic E-state index is -0.473. The third-order valence-corrected chi connectivity index (χ3v) is 8.61. The second-order valence-electron chi connectivity index (χ2n) is 10.6. The van der Waals surface area contributed by atoms with Crippen LogP contribution in [0.25, 0.3) is 0 Å². The van der Waals surface area contributed by atoms with E-state index in [1.54, 1.807) is 0 Å². The topological polar surface area (TPSA) is 96.7 Å². The zero-order valence-electron chi connectivity index (χ0n) is 20.0. The molecule has 32 heavy (non-hydrogen) atoms. The molecule has 182 valence electrons. The fourth-order valence-corrected chi connectivity index (χ4v) is 6.45. The highest BCUT2D eigenvalue weighted by Gasteiger charge is 2.45. The molecule has 0 aromatic carbocycles. The van der Waals surface area contributed by atoms with E-state index in [1.807, 2.05) is 0 Å². The van der Waals surface area contributed by atoms with Crippen molar-refractivity contribution < 1.29 is 14.3 Å². The van der Waals surface area contributed by atoms with Crippen LogP contribution in [0.5, 0.6) is 0 Å². The molecule has 0 bridgehead atoms. The average Bonchev–Trinajstić information content (AvgIpc) is 3.48. The molecule has 3 rings (SSSR count). The van der Waals surface area contributed by atoms with Gasteiger partial charge in [0.15, 0.2) is 0 Å². The summed E-state index contributed by atoms with van der Waals surface area (Å²) in [6.07, 6.45) is 10.2. The Balaban J connectivity index is 1.67. The van der Waals surface area contributed by atoms with Crippen molar-refractivity contribution in [3.05, 3.63) is 0 Å². The first-order valence-electron chi connectivity index (χ1n) is 12.4. The fraction of sp³-hybridized carbons (Fsp3) is 0.875. The Labute approximate surface area is 198 Å². The summed E-state index contributed by atoms with van der Waals surface area (Å²) in [7, 11) is 1.38. The van der Waals surface area contributed by atoms with Gasteiger partial charge in [-0.15, -0.1) is 0 Å². The Morgan fingerprint density at radius 3 is 2.38 bits per heavy atom. The molecule has 3 fully saturated rings. The van der Waals surface area contributed by atoms with E-state index in [0.717, 1.165) is 57.9 Å². The minimum Gasteiger partial charge on any atom is -0.453 e. The van der Waals surface area contributed by atoms with Crippen LogP contribution in [-0.2, 0) is 9.53 Å². The molecule has 0 aromatic rings. The van der Waals surface area contributed by atoms with Crippen LogP contribution >= 0.6 is 12.2 Å².